The quantitative estimate of drug-likeness (QED) is 0.440. The van der Waals surface area contributed by atoms with Crippen molar-refractivity contribution in [3.05, 3.63) is 46.5 Å². The number of pyridine rings is 1. The van der Waals surface area contributed by atoms with E-state index in [9.17, 15) is 14.7 Å². The van der Waals surface area contributed by atoms with E-state index in [-0.39, 0.29) is 23.1 Å². The molecule has 0 spiro atoms. The number of nitrogens with one attached hydrogen (secondary N) is 4. The van der Waals surface area contributed by atoms with E-state index in [0.717, 1.165) is 6.42 Å². The second kappa shape index (κ2) is 6.72. The number of aromatic nitrogens is 4. The number of hydrogen-bond donors (Lipinski definition) is 5. The predicted molar refractivity (Wildman–Crippen MR) is 99.4 cm³/mol. The molecule has 10 heteroatoms. The van der Waals surface area contributed by atoms with Gasteiger partial charge in [0.1, 0.15) is 22.9 Å². The van der Waals surface area contributed by atoms with Crippen LogP contribution in [0.3, 0.4) is 0 Å². The van der Waals surface area contributed by atoms with Crippen LogP contribution in [0.5, 0.6) is 0 Å². The second-order valence-electron chi connectivity index (χ2n) is 6.33. The lowest BCUT2D eigenvalue weighted by molar-refractivity contribution is 0.0448. The molecule has 3 aromatic heterocycles. The van der Waals surface area contributed by atoms with E-state index in [1.807, 2.05) is 0 Å². The Bertz CT molecular complexity index is 1060. The summed E-state index contributed by atoms with van der Waals surface area (Å²) in [5.41, 5.74) is 0.675. The first-order valence-electron chi connectivity index (χ1n) is 8.57. The summed E-state index contributed by atoms with van der Waals surface area (Å²) in [5.74, 6) is 0.636. The van der Waals surface area contributed by atoms with Crippen molar-refractivity contribution in [2.24, 2.45) is 0 Å². The summed E-state index contributed by atoms with van der Waals surface area (Å²) in [6, 6.07) is 4.76. The van der Waals surface area contributed by atoms with E-state index < -0.39 is 6.10 Å². The Morgan fingerprint density at radius 1 is 1.41 bits per heavy atom. The van der Waals surface area contributed by atoms with Gasteiger partial charge in [-0.25, -0.2) is 4.98 Å². The van der Waals surface area contributed by atoms with Gasteiger partial charge in [0.2, 0.25) is 0 Å². The monoisotopic (exact) mass is 369 g/mol. The number of carbonyl (C=O) groups excluding carboxylic acids is 1. The van der Waals surface area contributed by atoms with Crippen LogP contribution in [0.25, 0.3) is 5.65 Å². The van der Waals surface area contributed by atoms with Gasteiger partial charge in [-0.05, 0) is 25.0 Å². The minimum atomic E-state index is -0.515. The Balaban J connectivity index is 1.70. The summed E-state index contributed by atoms with van der Waals surface area (Å²) < 4.78 is 1.51. The van der Waals surface area contributed by atoms with Crippen molar-refractivity contribution in [2.45, 2.75) is 25.0 Å². The summed E-state index contributed by atoms with van der Waals surface area (Å²) in [7, 11) is 1.72. The molecule has 1 aliphatic rings. The Morgan fingerprint density at radius 3 is 2.93 bits per heavy atom. The van der Waals surface area contributed by atoms with Gasteiger partial charge in [-0.3, -0.25) is 9.59 Å². The van der Waals surface area contributed by atoms with Gasteiger partial charge < -0.3 is 26.0 Å². The van der Waals surface area contributed by atoms with Crippen LogP contribution < -0.4 is 21.5 Å². The molecule has 1 aliphatic carbocycles. The Kier molecular flexibility index (Phi) is 4.24. The van der Waals surface area contributed by atoms with Crippen LogP contribution in [0.15, 0.2) is 35.4 Å². The minimum absolute atomic E-state index is 0.250. The van der Waals surface area contributed by atoms with Gasteiger partial charge in [0.25, 0.3) is 11.5 Å². The van der Waals surface area contributed by atoms with Crippen LogP contribution in [0, 0.1) is 0 Å². The fourth-order valence-corrected chi connectivity index (χ4v) is 2.92. The summed E-state index contributed by atoms with van der Waals surface area (Å²) in [6.07, 6.45) is 3.88. The summed E-state index contributed by atoms with van der Waals surface area (Å²) in [5, 5.41) is 22.7. The van der Waals surface area contributed by atoms with Crippen LogP contribution in [0.1, 0.15) is 23.2 Å². The van der Waals surface area contributed by atoms with E-state index in [4.69, 9.17) is 0 Å². The third-order valence-corrected chi connectivity index (χ3v) is 4.61. The first-order chi connectivity index (χ1) is 13.1. The third kappa shape index (κ3) is 3.10. The molecule has 4 rings (SSSR count). The van der Waals surface area contributed by atoms with Crippen molar-refractivity contribution in [1.29, 1.82) is 0 Å². The van der Waals surface area contributed by atoms with Crippen LogP contribution in [0.4, 0.5) is 17.3 Å². The fraction of sp³-hybridized carbons (Fsp3) is 0.294. The average molecular weight is 369 g/mol. The average Bonchev–Trinajstić information content (AvgIpc) is 3.10. The van der Waals surface area contributed by atoms with Crippen molar-refractivity contribution in [3.8, 4) is 0 Å². The van der Waals surface area contributed by atoms with Gasteiger partial charge in [0.05, 0.1) is 18.3 Å². The number of anilines is 3. The van der Waals surface area contributed by atoms with Crippen molar-refractivity contribution < 1.29 is 9.90 Å². The molecule has 5 N–H and O–H groups in total. The normalized spacial score (nSPS) is 18.7. The van der Waals surface area contributed by atoms with Gasteiger partial charge in [0.15, 0.2) is 5.65 Å². The van der Waals surface area contributed by atoms with Gasteiger partial charge in [0, 0.05) is 19.3 Å². The van der Waals surface area contributed by atoms with Crippen molar-refractivity contribution in [2.75, 3.05) is 17.7 Å². The van der Waals surface area contributed by atoms with Crippen LogP contribution in [0.2, 0.25) is 0 Å². The van der Waals surface area contributed by atoms with Crippen LogP contribution >= 0.6 is 0 Å². The molecule has 10 nitrogen and oxygen atoms in total. The highest BCUT2D eigenvalue weighted by atomic mass is 16.3. The molecule has 1 unspecified atom stereocenters. The number of nitrogens with zero attached hydrogens (tertiary/aromatic N) is 3. The standard InChI is InChI=1S/C17H19N7O3/c1-18-14-7-13(21-11-3-2-6-19-17(11)27)23-15-9(8-20-24(14)15)16(26)22-10-4-5-12(10)25/h2-3,6-8,10,12,18,25H,4-5H2,1H3,(H,19,27)(H,21,23)(H,22,26)/t10?,12-/m0/s1. The maximum Gasteiger partial charge on any atom is 0.271 e. The lowest BCUT2D eigenvalue weighted by Crippen LogP contribution is -2.50. The van der Waals surface area contributed by atoms with Crippen molar-refractivity contribution in [3.63, 3.8) is 0 Å². The number of rotatable bonds is 5. The Labute approximate surface area is 153 Å². The molecule has 2 atom stereocenters. The first-order valence-corrected chi connectivity index (χ1v) is 8.57. The molecule has 0 aliphatic heterocycles. The number of hydrogen-bond acceptors (Lipinski definition) is 7. The molecule has 0 bridgehead atoms. The number of aromatic amines is 1. The highest BCUT2D eigenvalue weighted by Gasteiger charge is 2.31. The highest BCUT2D eigenvalue weighted by Crippen LogP contribution is 2.23. The lowest BCUT2D eigenvalue weighted by Gasteiger charge is -2.32. The molecule has 1 amide bonds. The number of fused-ring (bicyclic) bond motifs is 1. The van der Waals surface area contributed by atoms with E-state index in [2.05, 4.69) is 31.0 Å². The minimum Gasteiger partial charge on any atom is -0.391 e. The van der Waals surface area contributed by atoms with E-state index in [0.29, 0.717) is 29.4 Å². The third-order valence-electron chi connectivity index (χ3n) is 4.61. The predicted octanol–water partition coefficient (Wildman–Crippen LogP) is 0.456. The molecule has 0 aromatic carbocycles. The molecule has 1 saturated carbocycles. The highest BCUT2D eigenvalue weighted by molar-refractivity contribution is 6.00. The van der Waals surface area contributed by atoms with E-state index in [1.165, 1.54) is 16.9 Å². The molecule has 0 radical (unpaired) electrons. The molecule has 3 aromatic rings. The molecular weight excluding hydrogens is 350 g/mol. The van der Waals surface area contributed by atoms with Gasteiger partial charge in [-0.1, -0.05) is 0 Å². The lowest BCUT2D eigenvalue weighted by atomic mass is 9.89. The summed E-state index contributed by atoms with van der Waals surface area (Å²) in [4.78, 5) is 31.5. The molecule has 140 valence electrons. The summed E-state index contributed by atoms with van der Waals surface area (Å²) in [6.45, 7) is 0. The largest absolute Gasteiger partial charge is 0.391 e. The van der Waals surface area contributed by atoms with Crippen LogP contribution in [-0.4, -0.2) is 49.8 Å². The smallest absolute Gasteiger partial charge is 0.271 e. The maximum absolute atomic E-state index is 12.6. The summed E-state index contributed by atoms with van der Waals surface area (Å²) >= 11 is 0. The SMILES string of the molecule is CNc1cc(Nc2ccc[nH]c2=O)nc2c(C(=O)NC3CC[C@@H]3O)cnn12. The maximum atomic E-state index is 12.6. The molecule has 27 heavy (non-hydrogen) atoms. The molecule has 3 heterocycles. The number of amides is 1. The molecule has 1 fully saturated rings. The zero-order valence-electron chi connectivity index (χ0n) is 14.6. The zero-order valence-corrected chi connectivity index (χ0v) is 14.6. The van der Waals surface area contributed by atoms with E-state index >= 15 is 0 Å². The number of H-pyrrole nitrogens is 1. The van der Waals surface area contributed by atoms with Gasteiger partial charge in [-0.15, -0.1) is 0 Å². The Morgan fingerprint density at radius 2 is 2.26 bits per heavy atom. The first kappa shape index (κ1) is 17.0. The van der Waals surface area contributed by atoms with Gasteiger partial charge in [-0.2, -0.15) is 9.61 Å². The topological polar surface area (TPSA) is 136 Å². The Hall–Kier alpha value is -3.40. The van der Waals surface area contributed by atoms with E-state index in [1.54, 1.807) is 25.2 Å². The number of aliphatic hydroxyl groups excluding tert-OH is 1. The van der Waals surface area contributed by atoms with Crippen molar-refractivity contribution >= 4 is 28.9 Å². The molecule has 0 saturated heterocycles. The fourth-order valence-electron chi connectivity index (χ4n) is 2.92. The van der Waals surface area contributed by atoms with Crippen molar-refractivity contribution in [1.82, 2.24) is 24.9 Å². The van der Waals surface area contributed by atoms with Crippen LogP contribution in [-0.2, 0) is 0 Å². The second-order valence-corrected chi connectivity index (χ2v) is 6.33. The molecular formula is C17H19N7O3. The zero-order chi connectivity index (χ0) is 19.0. The van der Waals surface area contributed by atoms with Gasteiger partial charge >= 0.3 is 0 Å². The number of aliphatic hydroxyl groups is 1. The number of carbonyl (C=O) groups is 1.